The topological polar surface area (TPSA) is 64.4 Å². The van der Waals surface area contributed by atoms with Crippen LogP contribution < -0.4 is 10.1 Å². The first-order valence-corrected chi connectivity index (χ1v) is 8.58. The number of nitrogens with one attached hydrogen (secondary N) is 1. The van der Waals surface area contributed by atoms with Gasteiger partial charge in [0.1, 0.15) is 5.75 Å². The number of rotatable bonds is 6. The van der Waals surface area contributed by atoms with Gasteiger partial charge in [0.15, 0.2) is 11.7 Å². The molecule has 0 fully saturated rings. The Kier molecular flexibility index (Phi) is 5.58. The van der Waals surface area contributed by atoms with Crippen LogP contribution in [0.2, 0.25) is 5.02 Å². The van der Waals surface area contributed by atoms with Gasteiger partial charge in [0.2, 0.25) is 5.91 Å². The summed E-state index contributed by atoms with van der Waals surface area (Å²) in [7, 11) is 1.62. The molecule has 134 valence electrons. The number of carbonyl (C=O) groups excluding carboxylic acids is 1. The molecule has 0 aliphatic heterocycles. The summed E-state index contributed by atoms with van der Waals surface area (Å²) in [6.07, 6.45) is 2.35. The first-order chi connectivity index (χ1) is 12.5. The van der Waals surface area contributed by atoms with Crippen LogP contribution in [0.15, 0.2) is 53.1 Å². The van der Waals surface area contributed by atoms with E-state index in [1.54, 1.807) is 25.4 Å². The van der Waals surface area contributed by atoms with Gasteiger partial charge in [-0.15, -0.1) is 0 Å². The van der Waals surface area contributed by atoms with E-state index in [2.05, 4.69) is 10.3 Å². The van der Waals surface area contributed by atoms with Gasteiger partial charge < -0.3 is 14.5 Å². The standard InChI is InChI=1S/C20H19ClN2O3/c1-13-3-6-15(21)11-17(13)23-19(24)9-10-20-22-12-18(26-20)14-4-7-16(25-2)8-5-14/h3-8,11-12H,9-10H2,1-2H3,(H,23,24). The molecule has 0 saturated heterocycles. The largest absolute Gasteiger partial charge is 0.497 e. The summed E-state index contributed by atoms with van der Waals surface area (Å²) < 4.78 is 10.9. The Bertz CT molecular complexity index is 904. The number of halogens is 1. The van der Waals surface area contributed by atoms with E-state index in [0.717, 1.165) is 16.9 Å². The highest BCUT2D eigenvalue weighted by Gasteiger charge is 2.10. The second-order valence-electron chi connectivity index (χ2n) is 5.85. The molecule has 0 bridgehead atoms. The van der Waals surface area contributed by atoms with E-state index in [1.165, 1.54) is 0 Å². The van der Waals surface area contributed by atoms with Gasteiger partial charge in [-0.1, -0.05) is 17.7 Å². The lowest BCUT2D eigenvalue weighted by molar-refractivity contribution is -0.116. The highest BCUT2D eigenvalue weighted by molar-refractivity contribution is 6.31. The summed E-state index contributed by atoms with van der Waals surface area (Å²) in [6.45, 7) is 1.92. The lowest BCUT2D eigenvalue weighted by atomic mass is 10.2. The van der Waals surface area contributed by atoms with Crippen LogP contribution in [0, 0.1) is 6.92 Å². The zero-order chi connectivity index (χ0) is 18.5. The van der Waals surface area contributed by atoms with Crippen molar-refractivity contribution >= 4 is 23.2 Å². The Morgan fingerprint density at radius 3 is 2.73 bits per heavy atom. The van der Waals surface area contributed by atoms with Gasteiger partial charge in [-0.2, -0.15) is 0 Å². The molecule has 1 heterocycles. The predicted octanol–water partition coefficient (Wildman–Crippen LogP) is 4.88. The van der Waals surface area contributed by atoms with Crippen LogP contribution >= 0.6 is 11.6 Å². The number of methoxy groups -OCH3 is 1. The van der Waals surface area contributed by atoms with E-state index in [0.29, 0.717) is 28.8 Å². The molecule has 1 aromatic heterocycles. The van der Waals surface area contributed by atoms with Crippen molar-refractivity contribution in [3.05, 3.63) is 65.1 Å². The first kappa shape index (κ1) is 18.0. The van der Waals surface area contributed by atoms with Gasteiger partial charge in [0.05, 0.1) is 13.3 Å². The third-order valence-corrected chi connectivity index (χ3v) is 4.20. The number of aromatic nitrogens is 1. The van der Waals surface area contributed by atoms with E-state index in [-0.39, 0.29) is 12.3 Å². The second-order valence-corrected chi connectivity index (χ2v) is 6.29. The average molecular weight is 371 g/mol. The number of oxazole rings is 1. The number of carbonyl (C=O) groups is 1. The van der Waals surface area contributed by atoms with E-state index in [1.807, 2.05) is 37.3 Å². The van der Waals surface area contributed by atoms with Crippen molar-refractivity contribution in [2.45, 2.75) is 19.8 Å². The summed E-state index contributed by atoms with van der Waals surface area (Å²) in [5, 5.41) is 3.45. The minimum atomic E-state index is -0.112. The number of hydrogen-bond donors (Lipinski definition) is 1. The van der Waals surface area contributed by atoms with Crippen LogP contribution in [-0.4, -0.2) is 18.0 Å². The minimum Gasteiger partial charge on any atom is -0.497 e. The van der Waals surface area contributed by atoms with Crippen LogP contribution in [0.25, 0.3) is 11.3 Å². The van der Waals surface area contributed by atoms with Crippen LogP contribution in [0.5, 0.6) is 5.75 Å². The van der Waals surface area contributed by atoms with E-state index in [4.69, 9.17) is 20.8 Å². The maximum atomic E-state index is 12.2. The number of anilines is 1. The lowest BCUT2D eigenvalue weighted by Gasteiger charge is -2.08. The molecule has 1 amide bonds. The SMILES string of the molecule is COc1ccc(-c2cnc(CCC(=O)Nc3cc(Cl)ccc3C)o2)cc1. The fourth-order valence-electron chi connectivity index (χ4n) is 2.48. The number of benzene rings is 2. The maximum Gasteiger partial charge on any atom is 0.224 e. The molecule has 0 atom stereocenters. The molecule has 1 N–H and O–H groups in total. The monoisotopic (exact) mass is 370 g/mol. The fraction of sp³-hybridized carbons (Fsp3) is 0.200. The Balaban J connectivity index is 1.58. The Labute approximate surface area is 157 Å². The number of ether oxygens (including phenoxy) is 1. The van der Waals surface area contributed by atoms with Crippen LogP contribution in [0.1, 0.15) is 17.9 Å². The maximum absolute atomic E-state index is 12.2. The third kappa shape index (κ3) is 4.43. The number of aryl methyl sites for hydroxylation is 2. The molecule has 0 unspecified atom stereocenters. The van der Waals surface area contributed by atoms with Crippen LogP contribution in [0.3, 0.4) is 0 Å². The van der Waals surface area contributed by atoms with Gasteiger partial charge in [0, 0.05) is 29.1 Å². The third-order valence-electron chi connectivity index (χ3n) is 3.97. The zero-order valence-corrected chi connectivity index (χ0v) is 15.3. The molecule has 3 aromatic rings. The molecule has 3 rings (SSSR count). The molecular weight excluding hydrogens is 352 g/mol. The smallest absolute Gasteiger partial charge is 0.224 e. The molecule has 5 nitrogen and oxygen atoms in total. The van der Waals surface area contributed by atoms with Crippen molar-refractivity contribution in [2.24, 2.45) is 0 Å². The summed E-state index contributed by atoms with van der Waals surface area (Å²) in [5.74, 6) is 1.85. The molecule has 2 aromatic carbocycles. The molecule has 0 radical (unpaired) electrons. The van der Waals surface area contributed by atoms with E-state index >= 15 is 0 Å². The summed E-state index contributed by atoms with van der Waals surface area (Å²) >= 11 is 5.97. The molecule has 0 aliphatic carbocycles. The van der Waals surface area contributed by atoms with Gasteiger partial charge in [-0.3, -0.25) is 4.79 Å². The molecule has 26 heavy (non-hydrogen) atoms. The fourth-order valence-corrected chi connectivity index (χ4v) is 2.65. The van der Waals surface area contributed by atoms with Crippen molar-refractivity contribution in [1.82, 2.24) is 4.98 Å². The number of nitrogens with zero attached hydrogens (tertiary/aromatic N) is 1. The summed E-state index contributed by atoms with van der Waals surface area (Å²) in [5.41, 5.74) is 2.58. The van der Waals surface area contributed by atoms with Crippen molar-refractivity contribution < 1.29 is 13.9 Å². The van der Waals surface area contributed by atoms with Gasteiger partial charge in [-0.25, -0.2) is 4.98 Å². The molecule has 0 aliphatic rings. The van der Waals surface area contributed by atoms with Gasteiger partial charge in [-0.05, 0) is 48.9 Å². The van der Waals surface area contributed by atoms with E-state index < -0.39 is 0 Å². The second kappa shape index (κ2) is 8.06. The average Bonchev–Trinajstić information content (AvgIpc) is 3.12. The summed E-state index contributed by atoms with van der Waals surface area (Å²) in [6, 6.07) is 12.9. The Hall–Kier alpha value is -2.79. The van der Waals surface area contributed by atoms with Crippen molar-refractivity contribution in [3.63, 3.8) is 0 Å². The first-order valence-electron chi connectivity index (χ1n) is 8.20. The lowest BCUT2D eigenvalue weighted by Crippen LogP contribution is -2.13. The van der Waals surface area contributed by atoms with Crippen LogP contribution in [-0.2, 0) is 11.2 Å². The zero-order valence-electron chi connectivity index (χ0n) is 14.6. The highest BCUT2D eigenvalue weighted by atomic mass is 35.5. The quantitative estimate of drug-likeness (QED) is 0.671. The number of hydrogen-bond acceptors (Lipinski definition) is 4. The molecule has 6 heteroatoms. The highest BCUT2D eigenvalue weighted by Crippen LogP contribution is 2.24. The Morgan fingerprint density at radius 1 is 1.23 bits per heavy atom. The predicted molar refractivity (Wildman–Crippen MR) is 102 cm³/mol. The number of amides is 1. The van der Waals surface area contributed by atoms with Gasteiger partial charge >= 0.3 is 0 Å². The summed E-state index contributed by atoms with van der Waals surface area (Å²) in [4.78, 5) is 16.4. The van der Waals surface area contributed by atoms with Gasteiger partial charge in [0.25, 0.3) is 0 Å². The van der Waals surface area contributed by atoms with E-state index in [9.17, 15) is 4.79 Å². The Morgan fingerprint density at radius 2 is 2.00 bits per heavy atom. The van der Waals surface area contributed by atoms with Crippen LogP contribution in [0.4, 0.5) is 5.69 Å². The molecular formula is C20H19ClN2O3. The van der Waals surface area contributed by atoms with Crippen molar-refractivity contribution in [2.75, 3.05) is 12.4 Å². The molecule has 0 spiro atoms. The minimum absolute atomic E-state index is 0.112. The van der Waals surface area contributed by atoms with Crippen molar-refractivity contribution in [3.8, 4) is 17.1 Å². The van der Waals surface area contributed by atoms with Crippen molar-refractivity contribution in [1.29, 1.82) is 0 Å². The molecule has 0 saturated carbocycles. The normalized spacial score (nSPS) is 10.6.